The zero-order valence-corrected chi connectivity index (χ0v) is 16.9. The van der Waals surface area contributed by atoms with Crippen LogP contribution in [-0.4, -0.2) is 59.2 Å². The molecule has 32 heavy (non-hydrogen) atoms. The summed E-state index contributed by atoms with van der Waals surface area (Å²) in [6, 6.07) is 7.00. The van der Waals surface area contributed by atoms with Gasteiger partial charge >= 0.3 is 6.09 Å². The number of ether oxygens (including phenoxy) is 1. The van der Waals surface area contributed by atoms with E-state index >= 15 is 0 Å². The molecule has 0 saturated carbocycles. The molecule has 1 aromatic heterocycles. The van der Waals surface area contributed by atoms with E-state index in [2.05, 4.69) is 16.5 Å². The first-order chi connectivity index (χ1) is 15.4. The fourth-order valence-electron chi connectivity index (χ4n) is 3.37. The van der Waals surface area contributed by atoms with Crippen molar-refractivity contribution in [1.82, 2.24) is 14.7 Å². The molecule has 1 saturated heterocycles. The van der Waals surface area contributed by atoms with Crippen molar-refractivity contribution in [1.29, 1.82) is 5.26 Å². The Bertz CT molecular complexity index is 1000. The molecule has 12 heteroatoms. The lowest BCUT2D eigenvalue weighted by molar-refractivity contribution is 0.0274. The number of anilines is 2. The molecule has 1 aliphatic rings. The van der Waals surface area contributed by atoms with Crippen molar-refractivity contribution in [3.05, 3.63) is 41.8 Å². The van der Waals surface area contributed by atoms with E-state index in [0.29, 0.717) is 5.69 Å². The molecule has 2 amide bonds. The van der Waals surface area contributed by atoms with E-state index in [-0.39, 0.29) is 30.9 Å². The van der Waals surface area contributed by atoms with Gasteiger partial charge in [-0.25, -0.2) is 18.0 Å². The zero-order valence-electron chi connectivity index (χ0n) is 16.9. The Labute approximate surface area is 181 Å². The SMILES string of the molecule is N#C[C@@H]1CN(C(=O)OC(CF)CF)CC[C@@H]1n1cc(C(N)=O)c(Nc2ccc(F)cc2)n1. The molecule has 0 aliphatic carbocycles. The third-order valence-corrected chi connectivity index (χ3v) is 5.06. The normalized spacial score (nSPS) is 18.3. The number of primary amides is 1. The van der Waals surface area contributed by atoms with E-state index < -0.39 is 49.2 Å². The molecular formula is C20H21F3N6O3. The molecular weight excluding hydrogens is 429 g/mol. The minimum Gasteiger partial charge on any atom is -0.441 e. The highest BCUT2D eigenvalue weighted by molar-refractivity contribution is 5.98. The zero-order chi connectivity index (χ0) is 23.3. The van der Waals surface area contributed by atoms with Crippen LogP contribution in [-0.2, 0) is 4.74 Å². The van der Waals surface area contributed by atoms with E-state index in [9.17, 15) is 28.0 Å². The average Bonchev–Trinajstić information content (AvgIpc) is 3.22. The Morgan fingerprint density at radius 3 is 2.59 bits per heavy atom. The molecule has 2 heterocycles. The van der Waals surface area contributed by atoms with Gasteiger partial charge in [0.05, 0.1) is 18.0 Å². The third kappa shape index (κ3) is 5.11. The first kappa shape index (κ1) is 22.9. The molecule has 0 spiro atoms. The van der Waals surface area contributed by atoms with Crippen LogP contribution in [0.5, 0.6) is 0 Å². The number of nitrogens with two attached hydrogens (primary N) is 1. The molecule has 1 aliphatic heterocycles. The number of amides is 2. The minimum absolute atomic E-state index is 0.0439. The number of carbonyl (C=O) groups is 2. The molecule has 170 valence electrons. The van der Waals surface area contributed by atoms with Crippen LogP contribution in [0.4, 0.5) is 29.5 Å². The topological polar surface area (TPSA) is 126 Å². The second-order valence-corrected chi connectivity index (χ2v) is 7.22. The number of hydrogen-bond donors (Lipinski definition) is 2. The summed E-state index contributed by atoms with van der Waals surface area (Å²) in [5, 5.41) is 16.8. The number of piperidine rings is 1. The summed E-state index contributed by atoms with van der Waals surface area (Å²) >= 11 is 0. The Balaban J connectivity index is 1.77. The summed E-state index contributed by atoms with van der Waals surface area (Å²) < 4.78 is 44.6. The van der Waals surface area contributed by atoms with Crippen molar-refractivity contribution in [2.24, 2.45) is 11.7 Å². The Kier molecular flexibility index (Phi) is 7.19. The number of halogens is 3. The Morgan fingerprint density at radius 1 is 1.31 bits per heavy atom. The van der Waals surface area contributed by atoms with Gasteiger partial charge in [0.15, 0.2) is 11.9 Å². The molecule has 3 N–H and O–H groups in total. The number of carbonyl (C=O) groups excluding carboxylic acids is 2. The fraction of sp³-hybridized carbons (Fsp3) is 0.400. The number of rotatable bonds is 7. The second-order valence-electron chi connectivity index (χ2n) is 7.22. The summed E-state index contributed by atoms with van der Waals surface area (Å²) in [5.41, 5.74) is 6.00. The van der Waals surface area contributed by atoms with Gasteiger partial charge in [0.2, 0.25) is 0 Å². The van der Waals surface area contributed by atoms with Crippen LogP contribution < -0.4 is 11.1 Å². The smallest absolute Gasteiger partial charge is 0.410 e. The maximum absolute atomic E-state index is 13.1. The Hall–Kier alpha value is -3.75. The predicted octanol–water partition coefficient (Wildman–Crippen LogP) is 2.70. The van der Waals surface area contributed by atoms with Crippen LogP contribution in [0.2, 0.25) is 0 Å². The maximum Gasteiger partial charge on any atom is 0.410 e. The number of nitriles is 1. The van der Waals surface area contributed by atoms with Gasteiger partial charge in [-0.1, -0.05) is 0 Å². The largest absolute Gasteiger partial charge is 0.441 e. The van der Waals surface area contributed by atoms with Gasteiger partial charge < -0.3 is 20.7 Å². The van der Waals surface area contributed by atoms with Crippen LogP contribution in [0.15, 0.2) is 30.5 Å². The molecule has 3 rings (SSSR count). The second kappa shape index (κ2) is 10.0. The van der Waals surface area contributed by atoms with Gasteiger partial charge in [0.25, 0.3) is 5.91 Å². The van der Waals surface area contributed by atoms with Crippen LogP contribution in [0.25, 0.3) is 0 Å². The average molecular weight is 450 g/mol. The van der Waals surface area contributed by atoms with Crippen molar-refractivity contribution in [3.63, 3.8) is 0 Å². The summed E-state index contributed by atoms with van der Waals surface area (Å²) in [6.07, 6.45) is -0.704. The van der Waals surface area contributed by atoms with E-state index in [1.54, 1.807) is 0 Å². The molecule has 1 aromatic carbocycles. The highest BCUT2D eigenvalue weighted by atomic mass is 19.1. The van der Waals surface area contributed by atoms with E-state index in [0.717, 1.165) is 0 Å². The van der Waals surface area contributed by atoms with Gasteiger partial charge in [0, 0.05) is 25.0 Å². The van der Waals surface area contributed by atoms with E-state index in [1.165, 1.54) is 40.0 Å². The predicted molar refractivity (Wildman–Crippen MR) is 107 cm³/mol. The van der Waals surface area contributed by atoms with Crippen LogP contribution in [0.1, 0.15) is 22.8 Å². The highest BCUT2D eigenvalue weighted by Crippen LogP contribution is 2.30. The first-order valence-electron chi connectivity index (χ1n) is 9.74. The van der Waals surface area contributed by atoms with Crippen molar-refractivity contribution in [3.8, 4) is 6.07 Å². The van der Waals surface area contributed by atoms with Crippen molar-refractivity contribution in [2.45, 2.75) is 18.6 Å². The van der Waals surface area contributed by atoms with E-state index in [4.69, 9.17) is 10.5 Å². The number of nitrogens with zero attached hydrogens (tertiary/aromatic N) is 4. The van der Waals surface area contributed by atoms with Crippen LogP contribution in [0, 0.1) is 23.1 Å². The lowest BCUT2D eigenvalue weighted by Gasteiger charge is -2.35. The van der Waals surface area contributed by atoms with E-state index in [1.807, 2.05) is 0 Å². The molecule has 0 unspecified atom stereocenters. The summed E-state index contributed by atoms with van der Waals surface area (Å²) in [5.74, 6) is -1.78. The fourth-order valence-corrected chi connectivity index (χ4v) is 3.37. The monoisotopic (exact) mass is 450 g/mol. The van der Waals surface area contributed by atoms with Crippen molar-refractivity contribution >= 4 is 23.5 Å². The standard InChI is InChI=1S/C20H21F3N6O3/c21-7-15(8-22)32-20(31)28-6-5-17(12(9-24)10-28)29-11-16(18(25)30)19(27-29)26-14-3-1-13(23)2-4-14/h1-4,11-12,15,17H,5-8,10H2,(H2,25,30)(H,26,27)/t12-,17+/m1/s1. The number of nitrogens with one attached hydrogen (secondary N) is 1. The number of benzene rings is 1. The Morgan fingerprint density at radius 2 is 2.00 bits per heavy atom. The number of likely N-dealkylation sites (tertiary alicyclic amines) is 1. The van der Waals surface area contributed by atoms with Crippen molar-refractivity contribution < 1.29 is 27.5 Å². The van der Waals surface area contributed by atoms with Gasteiger partial charge in [-0.2, -0.15) is 10.4 Å². The first-order valence-corrected chi connectivity index (χ1v) is 9.74. The molecule has 0 bridgehead atoms. The maximum atomic E-state index is 13.1. The van der Waals surface area contributed by atoms with Gasteiger partial charge in [-0.15, -0.1) is 0 Å². The van der Waals surface area contributed by atoms with Crippen LogP contribution in [0.3, 0.4) is 0 Å². The number of alkyl halides is 2. The van der Waals surface area contributed by atoms with Crippen LogP contribution >= 0.6 is 0 Å². The molecule has 0 radical (unpaired) electrons. The molecule has 1 fully saturated rings. The lowest BCUT2D eigenvalue weighted by atomic mass is 9.94. The van der Waals surface area contributed by atoms with Gasteiger partial charge in [-0.05, 0) is 30.7 Å². The third-order valence-electron chi connectivity index (χ3n) is 5.06. The number of hydrogen-bond acceptors (Lipinski definition) is 6. The summed E-state index contributed by atoms with van der Waals surface area (Å²) in [7, 11) is 0. The number of aromatic nitrogens is 2. The molecule has 2 aromatic rings. The molecule has 2 atom stereocenters. The quantitative estimate of drug-likeness (QED) is 0.668. The van der Waals surface area contributed by atoms with Gasteiger partial charge in [0.1, 0.15) is 24.7 Å². The summed E-state index contributed by atoms with van der Waals surface area (Å²) in [6.45, 7) is -2.18. The summed E-state index contributed by atoms with van der Waals surface area (Å²) in [4.78, 5) is 25.2. The molecule has 9 nitrogen and oxygen atoms in total. The minimum atomic E-state index is -1.48. The van der Waals surface area contributed by atoms with Gasteiger partial charge in [-0.3, -0.25) is 9.48 Å². The highest BCUT2D eigenvalue weighted by Gasteiger charge is 2.35. The van der Waals surface area contributed by atoms with Crippen molar-refractivity contribution in [2.75, 3.05) is 31.8 Å². The lowest BCUT2D eigenvalue weighted by Crippen LogP contribution is -2.45.